The van der Waals surface area contributed by atoms with Gasteiger partial charge in [0.05, 0.1) is 5.25 Å². The monoisotopic (exact) mass is 366 g/mol. The summed E-state index contributed by atoms with van der Waals surface area (Å²) in [5, 5.41) is -0.537. The van der Waals surface area contributed by atoms with E-state index < -0.39 is 21.2 Å². The summed E-state index contributed by atoms with van der Waals surface area (Å²) in [6.45, 7) is 4.88. The van der Waals surface area contributed by atoms with Crippen LogP contribution in [0.15, 0.2) is 24.3 Å². The van der Waals surface area contributed by atoms with Gasteiger partial charge in [-0.2, -0.15) is 0 Å². The first kappa shape index (κ1) is 19.4. The maximum atomic E-state index is 12.3. The first-order chi connectivity index (χ1) is 11.9. The van der Waals surface area contributed by atoms with E-state index in [0.29, 0.717) is 44.3 Å². The smallest absolute Gasteiger partial charge is 0.237 e. The van der Waals surface area contributed by atoms with E-state index in [1.54, 1.807) is 0 Å². The summed E-state index contributed by atoms with van der Waals surface area (Å²) < 4.78 is 26.7. The third kappa shape index (κ3) is 5.04. The Morgan fingerprint density at radius 1 is 1.12 bits per heavy atom. The Hall–Kier alpha value is -1.89. The maximum Gasteiger partial charge on any atom is 0.237 e. The SMILES string of the molecule is CCCC(=O)NS(=O)(=O)C1CCN(c2ccc(C(=O)CC)cc2)CC1. The van der Waals surface area contributed by atoms with Crippen molar-refractivity contribution in [3.05, 3.63) is 29.8 Å². The molecule has 1 saturated heterocycles. The maximum absolute atomic E-state index is 12.3. The summed E-state index contributed by atoms with van der Waals surface area (Å²) in [7, 11) is -3.60. The summed E-state index contributed by atoms with van der Waals surface area (Å²) in [5.41, 5.74) is 1.68. The van der Waals surface area contributed by atoms with Gasteiger partial charge in [0.2, 0.25) is 15.9 Å². The molecule has 1 heterocycles. The van der Waals surface area contributed by atoms with Crippen LogP contribution < -0.4 is 9.62 Å². The number of nitrogens with zero attached hydrogens (tertiary/aromatic N) is 1. The molecule has 0 saturated carbocycles. The zero-order valence-electron chi connectivity index (χ0n) is 14.8. The molecule has 7 heteroatoms. The molecular formula is C18H26N2O4S. The van der Waals surface area contributed by atoms with Gasteiger partial charge in [0.25, 0.3) is 0 Å². The second-order valence-electron chi connectivity index (χ2n) is 6.33. The summed E-state index contributed by atoms with van der Waals surface area (Å²) >= 11 is 0. The molecule has 0 unspecified atom stereocenters. The second kappa shape index (κ2) is 8.47. The van der Waals surface area contributed by atoms with Crippen molar-refractivity contribution in [2.45, 2.75) is 51.2 Å². The van der Waals surface area contributed by atoms with Gasteiger partial charge in [-0.3, -0.25) is 14.3 Å². The molecule has 1 N–H and O–H groups in total. The van der Waals surface area contributed by atoms with Gasteiger partial charge >= 0.3 is 0 Å². The molecular weight excluding hydrogens is 340 g/mol. The highest BCUT2D eigenvalue weighted by atomic mass is 32.2. The normalized spacial score (nSPS) is 15.8. The van der Waals surface area contributed by atoms with Crippen molar-refractivity contribution in [1.29, 1.82) is 0 Å². The molecule has 0 radical (unpaired) electrons. The zero-order valence-corrected chi connectivity index (χ0v) is 15.6. The van der Waals surface area contributed by atoms with Gasteiger partial charge in [-0.1, -0.05) is 13.8 Å². The average molecular weight is 366 g/mol. The molecule has 1 aromatic carbocycles. The zero-order chi connectivity index (χ0) is 18.4. The van der Waals surface area contributed by atoms with E-state index in [-0.39, 0.29) is 12.2 Å². The summed E-state index contributed by atoms with van der Waals surface area (Å²) in [6.07, 6.45) is 2.28. The van der Waals surface area contributed by atoms with Crippen molar-refractivity contribution >= 4 is 27.4 Å². The number of sulfonamides is 1. The van der Waals surface area contributed by atoms with Crippen molar-refractivity contribution < 1.29 is 18.0 Å². The lowest BCUT2D eigenvalue weighted by Crippen LogP contribution is -2.45. The molecule has 1 aromatic rings. The number of ketones is 1. The van der Waals surface area contributed by atoms with Crippen LogP contribution >= 0.6 is 0 Å². The van der Waals surface area contributed by atoms with Crippen molar-refractivity contribution in [2.24, 2.45) is 0 Å². The van der Waals surface area contributed by atoms with Gasteiger partial charge in [-0.15, -0.1) is 0 Å². The number of nitrogens with one attached hydrogen (secondary N) is 1. The summed E-state index contributed by atoms with van der Waals surface area (Å²) in [4.78, 5) is 25.4. The first-order valence-electron chi connectivity index (χ1n) is 8.80. The minimum atomic E-state index is -3.60. The number of carbonyl (C=O) groups excluding carboxylic acids is 2. The Morgan fingerprint density at radius 2 is 1.72 bits per heavy atom. The number of carbonyl (C=O) groups is 2. The lowest BCUT2D eigenvalue weighted by atomic mass is 10.1. The van der Waals surface area contributed by atoms with E-state index in [1.807, 2.05) is 38.1 Å². The summed E-state index contributed by atoms with van der Waals surface area (Å²) in [6, 6.07) is 7.44. The number of Topliss-reactive ketones (excluding diaryl/α,β-unsaturated/α-hetero) is 1. The van der Waals surface area contributed by atoms with Gasteiger partial charge in [0.15, 0.2) is 5.78 Å². The number of benzene rings is 1. The van der Waals surface area contributed by atoms with Gasteiger partial charge < -0.3 is 4.90 Å². The number of anilines is 1. The highest BCUT2D eigenvalue weighted by Gasteiger charge is 2.31. The predicted octanol–water partition coefficient (Wildman–Crippen LogP) is 2.49. The molecule has 2 rings (SSSR count). The molecule has 1 amide bonds. The Bertz CT molecular complexity index is 705. The summed E-state index contributed by atoms with van der Waals surface area (Å²) in [5.74, 6) is -0.319. The molecule has 6 nitrogen and oxygen atoms in total. The van der Waals surface area contributed by atoms with Crippen LogP contribution in [0, 0.1) is 0 Å². The molecule has 1 fully saturated rings. The third-order valence-electron chi connectivity index (χ3n) is 4.49. The molecule has 0 bridgehead atoms. The number of rotatable bonds is 7. The number of piperidine rings is 1. The molecule has 0 spiro atoms. The van der Waals surface area contributed by atoms with Crippen molar-refractivity contribution in [3.63, 3.8) is 0 Å². The molecule has 25 heavy (non-hydrogen) atoms. The Labute approximate surface area is 149 Å². The van der Waals surface area contributed by atoms with Crippen LogP contribution in [0.4, 0.5) is 5.69 Å². The van der Waals surface area contributed by atoms with Crippen molar-refractivity contribution in [1.82, 2.24) is 4.72 Å². The lowest BCUT2D eigenvalue weighted by Gasteiger charge is -2.33. The molecule has 0 atom stereocenters. The third-order valence-corrected chi connectivity index (χ3v) is 6.35. The quantitative estimate of drug-likeness (QED) is 0.750. The van der Waals surface area contributed by atoms with E-state index >= 15 is 0 Å². The Kier molecular flexibility index (Phi) is 6.58. The highest BCUT2D eigenvalue weighted by Crippen LogP contribution is 2.23. The molecule has 0 aromatic heterocycles. The lowest BCUT2D eigenvalue weighted by molar-refractivity contribution is -0.119. The van der Waals surface area contributed by atoms with Gasteiger partial charge in [0, 0.05) is 37.2 Å². The number of hydrogen-bond donors (Lipinski definition) is 1. The van der Waals surface area contributed by atoms with Crippen LogP contribution in [0.25, 0.3) is 0 Å². The Morgan fingerprint density at radius 3 is 2.24 bits per heavy atom. The molecule has 1 aliphatic rings. The molecule has 0 aliphatic carbocycles. The van der Waals surface area contributed by atoms with Crippen LogP contribution in [0.2, 0.25) is 0 Å². The van der Waals surface area contributed by atoms with E-state index in [4.69, 9.17) is 0 Å². The second-order valence-corrected chi connectivity index (χ2v) is 8.29. The van der Waals surface area contributed by atoms with E-state index in [2.05, 4.69) is 9.62 Å². The van der Waals surface area contributed by atoms with Crippen LogP contribution in [0.3, 0.4) is 0 Å². The predicted molar refractivity (Wildman–Crippen MR) is 98.3 cm³/mol. The van der Waals surface area contributed by atoms with E-state index in [9.17, 15) is 18.0 Å². The Balaban J connectivity index is 1.95. The van der Waals surface area contributed by atoms with Crippen LogP contribution in [-0.4, -0.2) is 38.4 Å². The highest BCUT2D eigenvalue weighted by molar-refractivity contribution is 7.90. The van der Waals surface area contributed by atoms with Gasteiger partial charge in [-0.05, 0) is 43.5 Å². The molecule has 1 aliphatic heterocycles. The standard InChI is InChI=1S/C18H26N2O4S/c1-3-5-18(22)19-25(23,24)16-10-12-20(13-11-16)15-8-6-14(7-9-15)17(21)4-2/h6-9,16H,3-5,10-13H2,1-2H3,(H,19,22). The minimum absolute atomic E-state index is 0.110. The van der Waals surface area contributed by atoms with Crippen molar-refractivity contribution in [2.75, 3.05) is 18.0 Å². The minimum Gasteiger partial charge on any atom is -0.371 e. The fraction of sp³-hybridized carbons (Fsp3) is 0.556. The van der Waals surface area contributed by atoms with E-state index in [0.717, 1.165) is 5.69 Å². The topological polar surface area (TPSA) is 83.6 Å². The van der Waals surface area contributed by atoms with Crippen LogP contribution in [0.5, 0.6) is 0 Å². The number of hydrogen-bond acceptors (Lipinski definition) is 5. The number of amides is 1. The first-order valence-corrected chi connectivity index (χ1v) is 10.3. The average Bonchev–Trinajstić information content (AvgIpc) is 2.61. The van der Waals surface area contributed by atoms with Crippen LogP contribution in [-0.2, 0) is 14.8 Å². The van der Waals surface area contributed by atoms with Crippen molar-refractivity contribution in [3.8, 4) is 0 Å². The van der Waals surface area contributed by atoms with Gasteiger partial charge in [-0.25, -0.2) is 8.42 Å². The van der Waals surface area contributed by atoms with E-state index in [1.165, 1.54) is 0 Å². The van der Waals surface area contributed by atoms with Crippen LogP contribution in [0.1, 0.15) is 56.3 Å². The molecule has 138 valence electrons. The fourth-order valence-corrected chi connectivity index (χ4v) is 4.42. The largest absolute Gasteiger partial charge is 0.371 e. The fourth-order valence-electron chi connectivity index (χ4n) is 3.01. The van der Waals surface area contributed by atoms with Gasteiger partial charge in [0.1, 0.15) is 0 Å².